The van der Waals surface area contributed by atoms with Crippen LogP contribution in [0.2, 0.25) is 0 Å². The molecular weight excluding hydrogens is 298 g/mol. The minimum Gasteiger partial charge on any atom is -0.497 e. The van der Waals surface area contributed by atoms with Crippen LogP contribution in [0.1, 0.15) is 24.0 Å². The summed E-state index contributed by atoms with van der Waals surface area (Å²) < 4.78 is 5.20. The Morgan fingerprint density at radius 1 is 0.958 bits per heavy atom. The minimum absolute atomic E-state index is 0.544. The van der Waals surface area contributed by atoms with Gasteiger partial charge in [0.05, 0.1) is 12.7 Å². The van der Waals surface area contributed by atoms with Crippen molar-refractivity contribution in [3.05, 3.63) is 65.7 Å². The summed E-state index contributed by atoms with van der Waals surface area (Å²) in [4.78, 5) is 2.46. The minimum atomic E-state index is -0.544. The highest BCUT2D eigenvalue weighted by Crippen LogP contribution is 2.26. The summed E-state index contributed by atoms with van der Waals surface area (Å²) in [7, 11) is 1.69. The molecule has 1 saturated heterocycles. The van der Waals surface area contributed by atoms with Crippen molar-refractivity contribution >= 4 is 0 Å². The summed E-state index contributed by atoms with van der Waals surface area (Å²) in [6, 6.07) is 18.6. The van der Waals surface area contributed by atoms with E-state index in [2.05, 4.69) is 29.2 Å². The average molecular weight is 325 g/mol. The summed E-state index contributed by atoms with van der Waals surface area (Å²) in [6.45, 7) is 2.99. The first kappa shape index (κ1) is 17.0. The van der Waals surface area contributed by atoms with E-state index in [1.807, 2.05) is 30.3 Å². The molecule has 0 spiro atoms. The Hall–Kier alpha value is -1.84. The molecule has 0 bridgehead atoms. The van der Waals surface area contributed by atoms with E-state index in [0.717, 1.165) is 51.1 Å². The van der Waals surface area contributed by atoms with Crippen molar-refractivity contribution in [2.45, 2.75) is 31.3 Å². The molecule has 0 saturated carbocycles. The lowest BCUT2D eigenvalue weighted by atomic mass is 9.85. The summed E-state index contributed by atoms with van der Waals surface area (Å²) in [5, 5.41) is 10.8. The van der Waals surface area contributed by atoms with Gasteiger partial charge in [-0.2, -0.15) is 0 Å². The zero-order valence-corrected chi connectivity index (χ0v) is 14.4. The predicted molar refractivity (Wildman–Crippen MR) is 97.5 cm³/mol. The van der Waals surface area contributed by atoms with Crippen LogP contribution in [0, 0.1) is 0 Å². The summed E-state index contributed by atoms with van der Waals surface area (Å²) in [6.07, 6.45) is 3.51. The van der Waals surface area contributed by atoms with Crippen LogP contribution >= 0.6 is 0 Å². The van der Waals surface area contributed by atoms with E-state index in [4.69, 9.17) is 4.74 Å². The normalized spacial score (nSPS) is 17.6. The van der Waals surface area contributed by atoms with Crippen LogP contribution in [0.3, 0.4) is 0 Å². The van der Waals surface area contributed by atoms with Crippen molar-refractivity contribution in [3.8, 4) is 5.75 Å². The van der Waals surface area contributed by atoms with Gasteiger partial charge in [0.15, 0.2) is 0 Å². The highest BCUT2D eigenvalue weighted by atomic mass is 16.5. The van der Waals surface area contributed by atoms with Crippen LogP contribution < -0.4 is 4.74 Å². The predicted octanol–water partition coefficient (Wildman–Crippen LogP) is 3.31. The molecular formula is C21H27NO2. The van der Waals surface area contributed by atoms with E-state index in [1.165, 1.54) is 11.1 Å². The number of hydrogen-bond acceptors (Lipinski definition) is 3. The molecule has 0 aromatic heterocycles. The van der Waals surface area contributed by atoms with Crippen molar-refractivity contribution in [3.63, 3.8) is 0 Å². The second-order valence-electron chi connectivity index (χ2n) is 6.83. The van der Waals surface area contributed by atoms with Gasteiger partial charge in [-0.1, -0.05) is 42.5 Å². The molecule has 3 rings (SSSR count). The smallest absolute Gasteiger partial charge is 0.118 e. The first-order valence-corrected chi connectivity index (χ1v) is 8.78. The van der Waals surface area contributed by atoms with E-state index in [0.29, 0.717) is 0 Å². The van der Waals surface area contributed by atoms with Gasteiger partial charge in [-0.25, -0.2) is 0 Å². The van der Waals surface area contributed by atoms with Gasteiger partial charge in [-0.3, -0.25) is 0 Å². The third-order valence-corrected chi connectivity index (χ3v) is 5.04. The largest absolute Gasteiger partial charge is 0.497 e. The lowest BCUT2D eigenvalue weighted by Gasteiger charge is -2.38. The van der Waals surface area contributed by atoms with E-state index in [1.54, 1.807) is 7.11 Å². The Balaban J connectivity index is 1.46. The first-order chi connectivity index (χ1) is 11.7. The highest BCUT2D eigenvalue weighted by Gasteiger charge is 2.32. The van der Waals surface area contributed by atoms with Crippen LogP contribution in [0.5, 0.6) is 5.75 Å². The number of piperidine rings is 1. The molecule has 2 aromatic carbocycles. The van der Waals surface area contributed by atoms with E-state index >= 15 is 0 Å². The van der Waals surface area contributed by atoms with E-state index in [9.17, 15) is 5.11 Å². The molecule has 1 aliphatic heterocycles. The molecule has 1 fully saturated rings. The third kappa shape index (κ3) is 4.59. The first-order valence-electron chi connectivity index (χ1n) is 8.78. The highest BCUT2D eigenvalue weighted by molar-refractivity contribution is 5.27. The number of ether oxygens (including phenoxy) is 1. The number of nitrogens with zero attached hydrogens (tertiary/aromatic N) is 1. The molecule has 0 radical (unpaired) electrons. The van der Waals surface area contributed by atoms with Gasteiger partial charge in [-0.15, -0.1) is 0 Å². The number of benzene rings is 2. The molecule has 1 aliphatic rings. The van der Waals surface area contributed by atoms with Gasteiger partial charge in [0, 0.05) is 26.1 Å². The maximum absolute atomic E-state index is 10.8. The Kier molecular flexibility index (Phi) is 5.54. The van der Waals surface area contributed by atoms with Gasteiger partial charge in [0.1, 0.15) is 5.75 Å². The van der Waals surface area contributed by atoms with Crippen molar-refractivity contribution in [1.29, 1.82) is 0 Å². The van der Waals surface area contributed by atoms with Gasteiger partial charge >= 0.3 is 0 Å². The zero-order chi connectivity index (χ0) is 16.8. The number of rotatable bonds is 6. The van der Waals surface area contributed by atoms with Crippen LogP contribution in [-0.2, 0) is 12.8 Å². The van der Waals surface area contributed by atoms with Gasteiger partial charge in [0.25, 0.3) is 0 Å². The molecule has 128 valence electrons. The quantitative estimate of drug-likeness (QED) is 0.884. The maximum atomic E-state index is 10.8. The van der Waals surface area contributed by atoms with E-state index in [-0.39, 0.29) is 0 Å². The Morgan fingerprint density at radius 3 is 2.25 bits per heavy atom. The molecule has 0 atom stereocenters. The molecule has 3 heteroatoms. The average Bonchev–Trinajstić information content (AvgIpc) is 2.62. The maximum Gasteiger partial charge on any atom is 0.118 e. The van der Waals surface area contributed by atoms with Crippen molar-refractivity contribution in [2.75, 3.05) is 26.7 Å². The van der Waals surface area contributed by atoms with Crippen molar-refractivity contribution in [2.24, 2.45) is 0 Å². The van der Waals surface area contributed by atoms with Crippen LogP contribution in [0.25, 0.3) is 0 Å². The topological polar surface area (TPSA) is 32.7 Å². The van der Waals surface area contributed by atoms with Gasteiger partial charge < -0.3 is 14.7 Å². The molecule has 3 nitrogen and oxygen atoms in total. The molecule has 1 N–H and O–H groups in total. The fourth-order valence-electron chi connectivity index (χ4n) is 3.42. The van der Waals surface area contributed by atoms with Gasteiger partial charge in [-0.05, 0) is 42.5 Å². The number of aliphatic hydroxyl groups is 1. The molecule has 0 unspecified atom stereocenters. The number of likely N-dealkylation sites (tertiary alicyclic amines) is 1. The monoisotopic (exact) mass is 325 g/mol. The molecule has 2 aromatic rings. The number of hydrogen-bond donors (Lipinski definition) is 1. The Labute approximate surface area is 144 Å². The SMILES string of the molecule is COc1ccc(CCN2CCC(O)(Cc3ccccc3)CC2)cc1. The van der Waals surface area contributed by atoms with Gasteiger partial charge in [0.2, 0.25) is 0 Å². The fourth-order valence-corrected chi connectivity index (χ4v) is 3.42. The second kappa shape index (κ2) is 7.82. The second-order valence-corrected chi connectivity index (χ2v) is 6.83. The fraction of sp³-hybridized carbons (Fsp3) is 0.429. The number of methoxy groups -OCH3 is 1. The van der Waals surface area contributed by atoms with Crippen molar-refractivity contribution < 1.29 is 9.84 Å². The Bertz CT molecular complexity index is 616. The third-order valence-electron chi connectivity index (χ3n) is 5.04. The molecule has 0 aliphatic carbocycles. The molecule has 24 heavy (non-hydrogen) atoms. The van der Waals surface area contributed by atoms with Crippen LogP contribution in [0.15, 0.2) is 54.6 Å². The Morgan fingerprint density at radius 2 is 1.62 bits per heavy atom. The summed E-state index contributed by atoms with van der Waals surface area (Å²) >= 11 is 0. The van der Waals surface area contributed by atoms with Crippen LogP contribution in [0.4, 0.5) is 0 Å². The standard InChI is InChI=1S/C21H27NO2/c1-24-20-9-7-18(8-10-20)11-14-22-15-12-21(23,13-16-22)17-19-5-3-2-4-6-19/h2-10,23H,11-17H2,1H3. The molecule has 1 heterocycles. The lowest BCUT2D eigenvalue weighted by molar-refractivity contribution is -0.0203. The summed E-state index contributed by atoms with van der Waals surface area (Å²) in [5.41, 5.74) is 2.02. The lowest BCUT2D eigenvalue weighted by Crippen LogP contribution is -2.46. The molecule has 0 amide bonds. The van der Waals surface area contributed by atoms with E-state index < -0.39 is 5.60 Å². The van der Waals surface area contributed by atoms with Crippen molar-refractivity contribution in [1.82, 2.24) is 4.90 Å². The summed E-state index contributed by atoms with van der Waals surface area (Å²) in [5.74, 6) is 0.905. The zero-order valence-electron chi connectivity index (χ0n) is 14.4. The van der Waals surface area contributed by atoms with Crippen LogP contribution in [-0.4, -0.2) is 42.4 Å².